The largest absolute Gasteiger partial charge is 0.497 e. The van der Waals surface area contributed by atoms with Crippen LogP contribution in [0.3, 0.4) is 0 Å². The molecular weight excluding hydrogens is 370 g/mol. The molecule has 2 N–H and O–H groups in total. The molecule has 0 spiro atoms. The molecule has 7 heteroatoms. The third-order valence-electron chi connectivity index (χ3n) is 5.27. The van der Waals surface area contributed by atoms with Crippen molar-refractivity contribution >= 4 is 17.8 Å². The molecule has 2 aromatic carbocycles. The zero-order valence-electron chi connectivity index (χ0n) is 16.8. The molecule has 29 heavy (non-hydrogen) atoms. The molecule has 1 saturated heterocycles. The number of urea groups is 1. The zero-order chi connectivity index (χ0) is 21.0. The van der Waals surface area contributed by atoms with E-state index in [4.69, 9.17) is 4.74 Å². The van der Waals surface area contributed by atoms with Crippen molar-refractivity contribution < 1.29 is 19.1 Å². The number of rotatable bonds is 7. The van der Waals surface area contributed by atoms with Gasteiger partial charge in [-0.05, 0) is 36.6 Å². The number of carbonyl (C=O) groups excluding carboxylic acids is 3. The molecule has 152 valence electrons. The molecule has 2 atom stereocenters. The molecule has 2 unspecified atom stereocenters. The summed E-state index contributed by atoms with van der Waals surface area (Å²) in [6.45, 7) is 3.34. The minimum Gasteiger partial charge on any atom is -0.497 e. The van der Waals surface area contributed by atoms with Gasteiger partial charge in [-0.2, -0.15) is 0 Å². The fourth-order valence-electron chi connectivity index (χ4n) is 3.54. The van der Waals surface area contributed by atoms with E-state index in [0.29, 0.717) is 17.7 Å². The van der Waals surface area contributed by atoms with Crippen LogP contribution in [0, 0.1) is 0 Å². The summed E-state index contributed by atoms with van der Waals surface area (Å²) in [4.78, 5) is 39.1. The minimum atomic E-state index is -1.19. The summed E-state index contributed by atoms with van der Waals surface area (Å²) >= 11 is 0. The van der Waals surface area contributed by atoms with Gasteiger partial charge in [0.05, 0.1) is 13.2 Å². The van der Waals surface area contributed by atoms with Gasteiger partial charge in [-0.1, -0.05) is 49.4 Å². The lowest BCUT2D eigenvalue weighted by molar-refractivity contribution is -0.135. The number of nitrogens with one attached hydrogen (secondary N) is 2. The van der Waals surface area contributed by atoms with Crippen LogP contribution in [0.2, 0.25) is 0 Å². The zero-order valence-corrected chi connectivity index (χ0v) is 16.8. The van der Waals surface area contributed by atoms with Crippen LogP contribution in [0.1, 0.15) is 37.4 Å². The number of methoxy groups -OCH3 is 1. The molecule has 0 saturated carbocycles. The summed E-state index contributed by atoms with van der Waals surface area (Å²) in [5.41, 5.74) is 0.410. The maximum Gasteiger partial charge on any atom is 0.325 e. The van der Waals surface area contributed by atoms with Gasteiger partial charge in [0, 0.05) is 0 Å². The maximum atomic E-state index is 13.1. The van der Waals surface area contributed by atoms with Gasteiger partial charge >= 0.3 is 6.03 Å². The Morgan fingerprint density at radius 3 is 2.38 bits per heavy atom. The smallest absolute Gasteiger partial charge is 0.325 e. The first kappa shape index (κ1) is 20.4. The Morgan fingerprint density at radius 1 is 1.14 bits per heavy atom. The van der Waals surface area contributed by atoms with E-state index in [1.807, 2.05) is 44.2 Å². The highest BCUT2D eigenvalue weighted by Gasteiger charge is 2.51. The van der Waals surface area contributed by atoms with Crippen LogP contribution < -0.4 is 15.4 Å². The van der Waals surface area contributed by atoms with Crippen molar-refractivity contribution in [1.29, 1.82) is 0 Å². The van der Waals surface area contributed by atoms with Gasteiger partial charge in [-0.25, -0.2) is 4.79 Å². The van der Waals surface area contributed by atoms with E-state index in [2.05, 4.69) is 10.6 Å². The summed E-state index contributed by atoms with van der Waals surface area (Å²) in [7, 11) is 1.56. The number of hydrogen-bond acceptors (Lipinski definition) is 4. The Labute approximate surface area is 170 Å². The Hall–Kier alpha value is -3.35. The van der Waals surface area contributed by atoms with Gasteiger partial charge in [0.25, 0.3) is 5.91 Å². The van der Waals surface area contributed by atoms with Crippen molar-refractivity contribution in [2.45, 2.75) is 31.8 Å². The number of imide groups is 1. The number of amides is 4. The molecule has 2 aromatic rings. The molecule has 3 rings (SSSR count). The Balaban J connectivity index is 1.74. The van der Waals surface area contributed by atoms with Crippen LogP contribution in [0.5, 0.6) is 5.75 Å². The van der Waals surface area contributed by atoms with Crippen LogP contribution in [0.15, 0.2) is 54.6 Å². The van der Waals surface area contributed by atoms with E-state index in [-0.39, 0.29) is 12.6 Å². The van der Waals surface area contributed by atoms with Gasteiger partial charge in [-0.3, -0.25) is 14.5 Å². The number of benzene rings is 2. The topological polar surface area (TPSA) is 87.7 Å². The predicted octanol–water partition coefficient (Wildman–Crippen LogP) is 2.73. The van der Waals surface area contributed by atoms with Crippen molar-refractivity contribution in [1.82, 2.24) is 15.5 Å². The van der Waals surface area contributed by atoms with E-state index in [1.54, 1.807) is 31.4 Å². The molecule has 1 aliphatic heterocycles. The van der Waals surface area contributed by atoms with Gasteiger partial charge in [-0.15, -0.1) is 0 Å². The predicted molar refractivity (Wildman–Crippen MR) is 108 cm³/mol. The van der Waals surface area contributed by atoms with Crippen molar-refractivity contribution in [3.05, 3.63) is 65.7 Å². The molecule has 0 radical (unpaired) electrons. The number of nitrogens with zero attached hydrogens (tertiary/aromatic N) is 1. The lowest BCUT2D eigenvalue weighted by atomic mass is 9.87. The van der Waals surface area contributed by atoms with E-state index in [9.17, 15) is 14.4 Å². The fourth-order valence-corrected chi connectivity index (χ4v) is 3.54. The van der Waals surface area contributed by atoms with Crippen molar-refractivity contribution in [2.75, 3.05) is 13.7 Å². The van der Waals surface area contributed by atoms with Crippen molar-refractivity contribution in [3.8, 4) is 5.75 Å². The van der Waals surface area contributed by atoms with E-state index in [1.165, 1.54) is 0 Å². The number of carbonyl (C=O) groups is 3. The monoisotopic (exact) mass is 395 g/mol. The Kier molecular flexibility index (Phi) is 5.87. The molecule has 7 nitrogen and oxygen atoms in total. The van der Waals surface area contributed by atoms with Gasteiger partial charge in [0.2, 0.25) is 5.91 Å². The SMILES string of the molecule is CCC1(c2ccc(OC)cc2)NC(=O)N(CC(=O)NC(C)c2ccccc2)C1=O. The summed E-state index contributed by atoms with van der Waals surface area (Å²) in [5, 5.41) is 5.61. The second-order valence-corrected chi connectivity index (χ2v) is 7.01. The average Bonchev–Trinajstić information content (AvgIpc) is 2.99. The molecule has 1 aliphatic rings. The average molecular weight is 395 g/mol. The number of ether oxygens (including phenoxy) is 1. The first-order valence-electron chi connectivity index (χ1n) is 9.54. The van der Waals surface area contributed by atoms with Crippen molar-refractivity contribution in [3.63, 3.8) is 0 Å². The summed E-state index contributed by atoms with van der Waals surface area (Å²) in [6.07, 6.45) is 0.364. The number of hydrogen-bond donors (Lipinski definition) is 2. The van der Waals surface area contributed by atoms with E-state index < -0.39 is 23.4 Å². The molecular formula is C22H25N3O4. The van der Waals surface area contributed by atoms with Crippen LogP contribution in [0.4, 0.5) is 4.79 Å². The van der Waals surface area contributed by atoms with E-state index in [0.717, 1.165) is 10.5 Å². The van der Waals surface area contributed by atoms with Gasteiger partial charge in [0.15, 0.2) is 0 Å². The van der Waals surface area contributed by atoms with E-state index >= 15 is 0 Å². The summed E-state index contributed by atoms with van der Waals surface area (Å²) < 4.78 is 5.16. The second kappa shape index (κ2) is 8.34. The second-order valence-electron chi connectivity index (χ2n) is 7.01. The van der Waals surface area contributed by atoms with Crippen LogP contribution in [0.25, 0.3) is 0 Å². The molecule has 0 aliphatic carbocycles. The highest BCUT2D eigenvalue weighted by atomic mass is 16.5. The summed E-state index contributed by atoms with van der Waals surface area (Å²) in [6, 6.07) is 15.7. The normalized spacial score (nSPS) is 19.6. The standard InChI is InChI=1S/C22H25N3O4/c1-4-22(17-10-12-18(29-3)13-11-17)20(27)25(21(28)24-22)14-19(26)23-15(2)16-8-6-5-7-9-16/h5-13,15H,4,14H2,1-3H3,(H,23,26)(H,24,28). The molecule has 1 fully saturated rings. The van der Waals surface area contributed by atoms with Crippen LogP contribution in [-0.4, -0.2) is 36.4 Å². The van der Waals surface area contributed by atoms with Crippen molar-refractivity contribution in [2.24, 2.45) is 0 Å². The van der Waals surface area contributed by atoms with Crippen LogP contribution >= 0.6 is 0 Å². The maximum absolute atomic E-state index is 13.1. The van der Waals surface area contributed by atoms with Gasteiger partial charge in [0.1, 0.15) is 17.8 Å². The molecule has 0 bridgehead atoms. The highest BCUT2D eigenvalue weighted by Crippen LogP contribution is 2.33. The molecule has 0 aromatic heterocycles. The Morgan fingerprint density at radius 2 is 1.79 bits per heavy atom. The first-order valence-corrected chi connectivity index (χ1v) is 9.54. The van der Waals surface area contributed by atoms with Crippen LogP contribution in [-0.2, 0) is 15.1 Å². The van der Waals surface area contributed by atoms with Gasteiger partial charge < -0.3 is 15.4 Å². The first-order chi connectivity index (χ1) is 13.9. The Bertz CT molecular complexity index is 898. The minimum absolute atomic E-state index is 0.234. The third-order valence-corrected chi connectivity index (χ3v) is 5.27. The lowest BCUT2D eigenvalue weighted by Crippen LogP contribution is -2.45. The third kappa shape index (κ3) is 3.94. The fraction of sp³-hybridized carbons (Fsp3) is 0.318. The quantitative estimate of drug-likeness (QED) is 0.706. The molecule has 4 amide bonds. The lowest BCUT2D eigenvalue weighted by Gasteiger charge is -2.26. The molecule has 1 heterocycles. The summed E-state index contributed by atoms with van der Waals surface area (Å²) in [5.74, 6) is -0.174. The highest BCUT2D eigenvalue weighted by molar-refractivity contribution is 6.09.